The predicted octanol–water partition coefficient (Wildman–Crippen LogP) is 2.12. The zero-order valence-corrected chi connectivity index (χ0v) is 23.5. The van der Waals surface area contributed by atoms with Crippen LogP contribution in [-0.2, 0) is 27.2 Å². The molecule has 2 saturated heterocycles. The maximum Gasteiger partial charge on any atom is 0.409 e. The van der Waals surface area contributed by atoms with Crippen molar-refractivity contribution in [3.8, 4) is 11.5 Å². The first kappa shape index (κ1) is 28.6. The molecule has 2 atom stereocenters. The van der Waals surface area contributed by atoms with Gasteiger partial charge in [0.2, 0.25) is 11.8 Å². The van der Waals surface area contributed by atoms with Gasteiger partial charge in [0, 0.05) is 50.4 Å². The number of benzene rings is 2. The van der Waals surface area contributed by atoms with E-state index >= 15 is 0 Å². The molecule has 2 aromatic carbocycles. The minimum atomic E-state index is -1.83. The number of anilines is 1. The van der Waals surface area contributed by atoms with E-state index in [0.29, 0.717) is 22.7 Å². The number of urea groups is 1. The third-order valence-corrected chi connectivity index (χ3v) is 8.10. The van der Waals surface area contributed by atoms with E-state index < -0.39 is 40.3 Å². The number of fused-ring (bicyclic) bond motifs is 4. The van der Waals surface area contributed by atoms with Gasteiger partial charge in [0.05, 0.1) is 31.8 Å². The van der Waals surface area contributed by atoms with Crippen LogP contribution in [0.15, 0.2) is 36.4 Å². The summed E-state index contributed by atoms with van der Waals surface area (Å²) in [5.41, 5.74) is -0.190. The summed E-state index contributed by atoms with van der Waals surface area (Å²) < 4.78 is 15.8. The third kappa shape index (κ3) is 4.72. The Labute approximate surface area is 241 Å². The van der Waals surface area contributed by atoms with Gasteiger partial charge in [-0.25, -0.2) is 9.59 Å². The lowest BCUT2D eigenvalue weighted by Crippen LogP contribution is -2.75. The molecule has 1 N–H and O–H groups in total. The van der Waals surface area contributed by atoms with E-state index in [4.69, 9.17) is 14.2 Å². The monoisotopic (exact) mass is 581 g/mol. The molecular weight excluding hydrogens is 550 g/mol. The zero-order valence-electron chi connectivity index (χ0n) is 23.5. The SMILES string of the molecule is CCOC(=O)N1CCN2c3ccc([N+](=O)[O-])cc3C[C@@]3(C(=O)NC(=O)N(CCc4ccc(OC)c(OC)c4)C3=O)[C@H]2C1. The molecule has 222 valence electrons. The normalized spacial score (nSPS) is 21.5. The van der Waals surface area contributed by atoms with Crippen LogP contribution in [0.4, 0.5) is 21.0 Å². The fraction of sp³-hybridized carbons (Fsp3) is 0.429. The number of nitrogens with zero attached hydrogens (tertiary/aromatic N) is 4. The van der Waals surface area contributed by atoms with Crippen LogP contribution in [0.5, 0.6) is 11.5 Å². The van der Waals surface area contributed by atoms with Gasteiger partial charge in [-0.3, -0.25) is 29.9 Å². The maximum atomic E-state index is 14.4. The highest BCUT2D eigenvalue weighted by Crippen LogP contribution is 2.46. The summed E-state index contributed by atoms with van der Waals surface area (Å²) in [5, 5.41) is 13.9. The molecule has 0 radical (unpaired) electrons. The lowest BCUT2D eigenvalue weighted by molar-refractivity contribution is -0.384. The Kier molecular flexibility index (Phi) is 7.63. The van der Waals surface area contributed by atoms with Crippen molar-refractivity contribution in [2.45, 2.75) is 25.8 Å². The zero-order chi connectivity index (χ0) is 30.2. The van der Waals surface area contributed by atoms with Crippen molar-refractivity contribution in [2.75, 3.05) is 51.9 Å². The van der Waals surface area contributed by atoms with Crippen molar-refractivity contribution >= 4 is 35.3 Å². The molecule has 0 saturated carbocycles. The summed E-state index contributed by atoms with van der Waals surface area (Å²) in [6, 6.07) is 7.85. The number of nitrogens with one attached hydrogen (secondary N) is 1. The first-order valence-corrected chi connectivity index (χ1v) is 13.5. The van der Waals surface area contributed by atoms with Crippen molar-refractivity contribution in [2.24, 2.45) is 5.41 Å². The minimum Gasteiger partial charge on any atom is -0.493 e. The van der Waals surface area contributed by atoms with Gasteiger partial charge in [0.25, 0.3) is 5.69 Å². The molecule has 0 bridgehead atoms. The summed E-state index contributed by atoms with van der Waals surface area (Å²) in [6.07, 6.45) is -0.506. The molecule has 14 heteroatoms. The molecule has 3 aliphatic rings. The number of barbiturate groups is 1. The number of hydrogen-bond acceptors (Lipinski definition) is 10. The van der Waals surface area contributed by atoms with E-state index in [9.17, 15) is 29.3 Å². The van der Waals surface area contributed by atoms with Gasteiger partial charge in [0.1, 0.15) is 0 Å². The Balaban J connectivity index is 1.53. The highest BCUT2D eigenvalue weighted by molar-refractivity contribution is 6.20. The van der Waals surface area contributed by atoms with Crippen LogP contribution in [0.25, 0.3) is 0 Å². The van der Waals surface area contributed by atoms with E-state index in [1.54, 1.807) is 31.2 Å². The molecule has 42 heavy (non-hydrogen) atoms. The van der Waals surface area contributed by atoms with Crippen LogP contribution >= 0.6 is 0 Å². The first-order valence-electron chi connectivity index (χ1n) is 13.5. The largest absolute Gasteiger partial charge is 0.493 e. The summed E-state index contributed by atoms with van der Waals surface area (Å²) in [5.74, 6) is -0.526. The molecular formula is C28H31N5O9. The van der Waals surface area contributed by atoms with Gasteiger partial charge in [-0.2, -0.15) is 0 Å². The average molecular weight is 582 g/mol. The highest BCUT2D eigenvalue weighted by atomic mass is 16.6. The topological polar surface area (TPSA) is 161 Å². The van der Waals surface area contributed by atoms with Crippen LogP contribution in [0.1, 0.15) is 18.1 Å². The van der Waals surface area contributed by atoms with Gasteiger partial charge in [-0.05, 0) is 42.7 Å². The third-order valence-electron chi connectivity index (χ3n) is 8.10. The van der Waals surface area contributed by atoms with Crippen molar-refractivity contribution in [3.05, 3.63) is 57.6 Å². The molecule has 5 rings (SSSR count). The quantitative estimate of drug-likeness (QED) is 0.291. The predicted molar refractivity (Wildman–Crippen MR) is 147 cm³/mol. The Morgan fingerprint density at radius 3 is 2.55 bits per heavy atom. The molecule has 1 spiro atoms. The summed E-state index contributed by atoms with van der Waals surface area (Å²) in [6.45, 7) is 2.26. The van der Waals surface area contributed by atoms with Gasteiger partial charge >= 0.3 is 12.1 Å². The molecule has 0 aromatic heterocycles. The van der Waals surface area contributed by atoms with E-state index in [2.05, 4.69) is 5.32 Å². The standard InChI is InChI=1S/C28H31N5O9/c1-4-42-27(37)30-11-12-31-20-7-6-19(33(38)39)14-18(20)15-28(23(31)16-30)24(34)29-26(36)32(25(28)35)10-9-17-5-8-21(40-2)22(13-17)41-3/h5-8,13-14,23H,4,9-12,15-16H2,1-3H3,(H,29,34,36)/t23-,28+/m1/s1. The second-order valence-electron chi connectivity index (χ2n) is 10.2. The van der Waals surface area contributed by atoms with Crippen LogP contribution in [0.3, 0.4) is 0 Å². The van der Waals surface area contributed by atoms with Gasteiger partial charge < -0.3 is 24.0 Å². The fourth-order valence-corrected chi connectivity index (χ4v) is 6.04. The van der Waals surface area contributed by atoms with Crippen molar-refractivity contribution in [1.82, 2.24) is 15.1 Å². The number of methoxy groups -OCH3 is 2. The molecule has 2 aromatic rings. The van der Waals surface area contributed by atoms with Gasteiger partial charge in [0.15, 0.2) is 16.9 Å². The number of piperazine rings is 1. The van der Waals surface area contributed by atoms with Crippen LogP contribution in [0, 0.1) is 15.5 Å². The number of ether oxygens (including phenoxy) is 3. The Bertz CT molecular complexity index is 1460. The van der Waals surface area contributed by atoms with E-state index in [1.165, 1.54) is 31.3 Å². The number of carbonyl (C=O) groups excluding carboxylic acids is 4. The number of carbonyl (C=O) groups is 4. The van der Waals surface area contributed by atoms with E-state index in [1.807, 2.05) is 4.90 Å². The maximum absolute atomic E-state index is 14.4. The number of nitro benzene ring substituents is 1. The summed E-state index contributed by atoms with van der Waals surface area (Å²) in [7, 11) is 3.01. The first-order chi connectivity index (χ1) is 20.1. The number of hydrogen-bond donors (Lipinski definition) is 1. The van der Waals surface area contributed by atoms with Crippen LogP contribution in [0.2, 0.25) is 0 Å². The lowest BCUT2D eigenvalue weighted by atomic mass is 9.67. The number of non-ortho nitro benzene ring substituents is 1. The summed E-state index contributed by atoms with van der Waals surface area (Å²) >= 11 is 0. The Morgan fingerprint density at radius 1 is 1.10 bits per heavy atom. The molecule has 2 fully saturated rings. The molecule has 0 aliphatic carbocycles. The molecule has 3 heterocycles. The molecule has 3 aliphatic heterocycles. The lowest BCUT2D eigenvalue weighted by Gasteiger charge is -2.55. The van der Waals surface area contributed by atoms with Gasteiger partial charge in [-0.1, -0.05) is 6.07 Å². The summed E-state index contributed by atoms with van der Waals surface area (Å²) in [4.78, 5) is 69.1. The fourth-order valence-electron chi connectivity index (χ4n) is 6.04. The highest BCUT2D eigenvalue weighted by Gasteiger charge is 2.63. The van der Waals surface area contributed by atoms with Gasteiger partial charge in [-0.15, -0.1) is 0 Å². The van der Waals surface area contributed by atoms with Crippen LogP contribution < -0.4 is 19.7 Å². The average Bonchev–Trinajstić information content (AvgIpc) is 2.99. The number of rotatable bonds is 7. The minimum absolute atomic E-state index is 0.0217. The van der Waals surface area contributed by atoms with Crippen molar-refractivity contribution < 1.29 is 38.3 Å². The number of nitro groups is 1. The second-order valence-corrected chi connectivity index (χ2v) is 10.2. The molecule has 0 unspecified atom stereocenters. The molecule has 5 amide bonds. The van der Waals surface area contributed by atoms with Crippen molar-refractivity contribution in [3.63, 3.8) is 0 Å². The van der Waals surface area contributed by atoms with E-state index in [0.717, 1.165) is 10.5 Å². The number of imide groups is 2. The van der Waals surface area contributed by atoms with E-state index in [-0.39, 0.29) is 51.3 Å². The van der Waals surface area contributed by atoms with Crippen molar-refractivity contribution in [1.29, 1.82) is 0 Å². The van der Waals surface area contributed by atoms with Crippen LogP contribution in [-0.4, -0.2) is 91.7 Å². The smallest absolute Gasteiger partial charge is 0.409 e. The second kappa shape index (κ2) is 11.2. The number of amides is 5. The Morgan fingerprint density at radius 2 is 1.86 bits per heavy atom. The Hall–Kier alpha value is -4.88. The molecule has 14 nitrogen and oxygen atoms in total.